The third-order valence-corrected chi connectivity index (χ3v) is 3.39. The molecule has 1 heterocycles. The van der Waals surface area contributed by atoms with Crippen LogP contribution in [0.3, 0.4) is 0 Å². The van der Waals surface area contributed by atoms with Gasteiger partial charge in [-0.1, -0.05) is 19.0 Å². The number of aliphatic imine (C=N–C) groups is 1. The van der Waals surface area contributed by atoms with E-state index < -0.39 is 17.2 Å². The Balaban J connectivity index is 0.00000729. The van der Waals surface area contributed by atoms with Crippen LogP contribution in [0.2, 0.25) is 0 Å². The maximum Gasteiger partial charge on any atom is 0.408 e. The molecule has 0 aliphatic carbocycles. The lowest BCUT2D eigenvalue weighted by Gasteiger charge is -2.29. The van der Waals surface area contributed by atoms with Gasteiger partial charge in [-0.05, 0) is 34.6 Å². The molecule has 1 aromatic rings. The number of ether oxygens (including phenoxy) is 1. The Morgan fingerprint density at radius 3 is 2.36 bits per heavy atom. The fourth-order valence-corrected chi connectivity index (χ4v) is 2.04. The molecule has 0 aliphatic heterocycles. The van der Waals surface area contributed by atoms with Crippen molar-refractivity contribution >= 4 is 36.0 Å². The number of rotatable bonds is 7. The van der Waals surface area contributed by atoms with Gasteiger partial charge in [0.15, 0.2) is 11.8 Å². The zero-order chi connectivity index (χ0) is 20.7. The molecule has 10 heteroatoms. The summed E-state index contributed by atoms with van der Waals surface area (Å²) in [7, 11) is 1.69. The van der Waals surface area contributed by atoms with E-state index in [0.29, 0.717) is 37.2 Å². The van der Waals surface area contributed by atoms with Gasteiger partial charge in [0.2, 0.25) is 5.89 Å². The van der Waals surface area contributed by atoms with Gasteiger partial charge in [0.05, 0.1) is 5.54 Å². The number of guanidine groups is 1. The van der Waals surface area contributed by atoms with Crippen LogP contribution in [0.15, 0.2) is 9.52 Å². The van der Waals surface area contributed by atoms with Crippen molar-refractivity contribution in [2.45, 2.75) is 71.9 Å². The molecule has 0 spiro atoms. The molecule has 0 radical (unpaired) electrons. The van der Waals surface area contributed by atoms with E-state index in [1.54, 1.807) is 7.05 Å². The number of amides is 1. The highest BCUT2D eigenvalue weighted by Gasteiger charge is 2.24. The third-order valence-electron chi connectivity index (χ3n) is 3.39. The SMILES string of the molecule is CN=C(NCCc1nc(C(C)C)no1)NCC(C)(C)NC(=O)OC(C)(C)C.I. The van der Waals surface area contributed by atoms with E-state index in [9.17, 15) is 4.79 Å². The zero-order valence-corrected chi connectivity index (χ0v) is 20.5. The Labute approximate surface area is 184 Å². The molecule has 28 heavy (non-hydrogen) atoms. The molecule has 3 N–H and O–H groups in total. The number of aromatic nitrogens is 2. The maximum absolute atomic E-state index is 11.9. The number of nitrogens with zero attached hydrogens (tertiary/aromatic N) is 3. The van der Waals surface area contributed by atoms with Crippen LogP contribution in [0.4, 0.5) is 4.79 Å². The Hall–Kier alpha value is -1.59. The molecule has 0 saturated carbocycles. The van der Waals surface area contributed by atoms with E-state index in [1.807, 2.05) is 48.5 Å². The monoisotopic (exact) mass is 510 g/mol. The second kappa shape index (κ2) is 11.4. The van der Waals surface area contributed by atoms with Crippen LogP contribution < -0.4 is 16.0 Å². The summed E-state index contributed by atoms with van der Waals surface area (Å²) in [4.78, 5) is 20.5. The summed E-state index contributed by atoms with van der Waals surface area (Å²) in [6.45, 7) is 14.4. The molecular weight excluding hydrogens is 475 g/mol. The Morgan fingerprint density at radius 1 is 1.21 bits per heavy atom. The number of carbonyl (C=O) groups is 1. The summed E-state index contributed by atoms with van der Waals surface area (Å²) in [6.07, 6.45) is 0.148. The van der Waals surface area contributed by atoms with Crippen LogP contribution in [0, 0.1) is 0 Å². The van der Waals surface area contributed by atoms with Gasteiger partial charge in [-0.15, -0.1) is 24.0 Å². The van der Waals surface area contributed by atoms with Gasteiger partial charge >= 0.3 is 6.09 Å². The number of hydrogen-bond donors (Lipinski definition) is 3. The van der Waals surface area contributed by atoms with Crippen molar-refractivity contribution in [2.24, 2.45) is 4.99 Å². The first-order valence-corrected chi connectivity index (χ1v) is 9.20. The highest BCUT2D eigenvalue weighted by molar-refractivity contribution is 14.0. The van der Waals surface area contributed by atoms with Crippen LogP contribution in [-0.4, -0.2) is 53.5 Å². The smallest absolute Gasteiger partial charge is 0.408 e. The molecule has 1 amide bonds. The van der Waals surface area contributed by atoms with Crippen molar-refractivity contribution in [1.82, 2.24) is 26.1 Å². The molecule has 0 aromatic carbocycles. The van der Waals surface area contributed by atoms with Gasteiger partial charge in [0, 0.05) is 32.5 Å². The summed E-state index contributed by atoms with van der Waals surface area (Å²) in [5.41, 5.74) is -1.05. The van der Waals surface area contributed by atoms with Crippen LogP contribution in [0.5, 0.6) is 0 Å². The van der Waals surface area contributed by atoms with Crippen molar-refractivity contribution < 1.29 is 14.1 Å². The molecule has 162 valence electrons. The van der Waals surface area contributed by atoms with E-state index in [0.717, 1.165) is 0 Å². The molecule has 1 rings (SSSR count). The van der Waals surface area contributed by atoms with Gasteiger partial charge in [0.1, 0.15) is 5.60 Å². The minimum absolute atomic E-state index is 0. The van der Waals surface area contributed by atoms with Crippen molar-refractivity contribution in [3.8, 4) is 0 Å². The van der Waals surface area contributed by atoms with Gasteiger partial charge in [0.25, 0.3) is 0 Å². The Bertz CT molecular complexity index is 638. The second-order valence-electron chi connectivity index (χ2n) is 8.31. The topological polar surface area (TPSA) is 114 Å². The summed E-state index contributed by atoms with van der Waals surface area (Å²) in [5.74, 6) is 2.17. The molecule has 0 aliphatic rings. The van der Waals surface area contributed by atoms with Crippen molar-refractivity contribution in [3.05, 3.63) is 11.7 Å². The molecule has 0 saturated heterocycles. The van der Waals surface area contributed by atoms with Crippen LogP contribution in [0.1, 0.15) is 66.1 Å². The predicted octanol–water partition coefficient (Wildman–Crippen LogP) is 2.82. The Morgan fingerprint density at radius 2 is 1.86 bits per heavy atom. The van der Waals surface area contributed by atoms with Crippen LogP contribution in [-0.2, 0) is 11.2 Å². The first kappa shape index (κ1) is 26.4. The quantitative estimate of drug-likeness (QED) is 0.294. The van der Waals surface area contributed by atoms with Crippen molar-refractivity contribution in [2.75, 3.05) is 20.1 Å². The summed E-state index contributed by atoms with van der Waals surface area (Å²) in [6, 6.07) is 0. The van der Waals surface area contributed by atoms with E-state index in [-0.39, 0.29) is 29.9 Å². The highest BCUT2D eigenvalue weighted by atomic mass is 127. The molecule has 0 bridgehead atoms. The number of alkyl carbamates (subject to hydrolysis) is 1. The lowest BCUT2D eigenvalue weighted by Crippen LogP contribution is -2.54. The normalized spacial score (nSPS) is 12.4. The minimum atomic E-state index is -0.532. The minimum Gasteiger partial charge on any atom is -0.444 e. The number of halogens is 1. The van der Waals surface area contributed by atoms with E-state index in [2.05, 4.69) is 31.1 Å². The summed E-state index contributed by atoms with van der Waals surface area (Å²) in [5, 5.41) is 13.2. The fourth-order valence-electron chi connectivity index (χ4n) is 2.04. The third kappa shape index (κ3) is 10.7. The lowest BCUT2D eigenvalue weighted by molar-refractivity contribution is 0.0474. The maximum atomic E-state index is 11.9. The Kier molecular flexibility index (Phi) is 10.8. The van der Waals surface area contributed by atoms with Gasteiger partial charge in [-0.25, -0.2) is 4.79 Å². The molecule has 0 unspecified atom stereocenters. The average molecular weight is 510 g/mol. The summed E-state index contributed by atoms with van der Waals surface area (Å²) >= 11 is 0. The first-order chi connectivity index (χ1) is 12.4. The number of hydrogen-bond acceptors (Lipinski definition) is 6. The highest BCUT2D eigenvalue weighted by Crippen LogP contribution is 2.10. The van der Waals surface area contributed by atoms with Crippen molar-refractivity contribution in [1.29, 1.82) is 0 Å². The standard InChI is InChI=1S/C18H34N6O3.HI/c1-12(2)14-22-13(27-24-14)9-10-20-15(19-8)21-11-18(6,7)23-16(25)26-17(3,4)5;/h12H,9-11H2,1-8H3,(H,23,25)(H2,19,20,21);1H. The van der Waals surface area contributed by atoms with Gasteiger partial charge < -0.3 is 25.2 Å². The zero-order valence-electron chi connectivity index (χ0n) is 18.2. The van der Waals surface area contributed by atoms with Crippen LogP contribution >= 0.6 is 24.0 Å². The predicted molar refractivity (Wildman–Crippen MR) is 120 cm³/mol. The molecular formula is C18H35IN6O3. The van der Waals surface area contributed by atoms with Gasteiger partial charge in [-0.2, -0.15) is 4.98 Å². The summed E-state index contributed by atoms with van der Waals surface area (Å²) < 4.78 is 10.5. The molecule has 1 aromatic heterocycles. The van der Waals surface area contributed by atoms with E-state index in [1.165, 1.54) is 0 Å². The molecule has 0 atom stereocenters. The lowest BCUT2D eigenvalue weighted by atomic mass is 10.1. The fraction of sp³-hybridized carbons (Fsp3) is 0.778. The number of nitrogens with one attached hydrogen (secondary N) is 3. The van der Waals surface area contributed by atoms with Crippen LogP contribution in [0.25, 0.3) is 0 Å². The first-order valence-electron chi connectivity index (χ1n) is 9.20. The van der Waals surface area contributed by atoms with E-state index in [4.69, 9.17) is 9.26 Å². The average Bonchev–Trinajstić information content (AvgIpc) is 2.97. The second-order valence-corrected chi connectivity index (χ2v) is 8.31. The van der Waals surface area contributed by atoms with E-state index >= 15 is 0 Å². The van der Waals surface area contributed by atoms with Gasteiger partial charge in [-0.3, -0.25) is 4.99 Å². The molecule has 9 nitrogen and oxygen atoms in total. The van der Waals surface area contributed by atoms with Crippen molar-refractivity contribution in [3.63, 3.8) is 0 Å². The largest absolute Gasteiger partial charge is 0.444 e. The molecule has 0 fully saturated rings. The number of carbonyl (C=O) groups excluding carboxylic acids is 1.